The molecule has 0 atom stereocenters. The molecule has 0 amide bonds. The Bertz CT molecular complexity index is 472. The van der Waals surface area contributed by atoms with E-state index in [1.165, 1.54) is 0 Å². The minimum absolute atomic E-state index is 0.161. The molecule has 17 heavy (non-hydrogen) atoms. The smallest absolute Gasteiger partial charge is 0.195 e. The van der Waals surface area contributed by atoms with Crippen molar-refractivity contribution in [3.63, 3.8) is 0 Å². The second-order valence-electron chi connectivity index (χ2n) is 3.48. The number of hydrogen-bond acceptors (Lipinski definition) is 5. The molecule has 0 saturated carbocycles. The van der Waals surface area contributed by atoms with Gasteiger partial charge >= 0.3 is 0 Å². The SMILES string of the molecule is CSc1nnc(CCCO)n1-c1cccnc1. The number of thioether (sulfide) groups is 1. The van der Waals surface area contributed by atoms with Crippen molar-refractivity contribution in [1.29, 1.82) is 0 Å². The maximum Gasteiger partial charge on any atom is 0.195 e. The summed E-state index contributed by atoms with van der Waals surface area (Å²) in [4.78, 5) is 4.10. The van der Waals surface area contributed by atoms with Crippen LogP contribution in [0.5, 0.6) is 0 Å². The first-order valence-electron chi connectivity index (χ1n) is 5.36. The zero-order valence-corrected chi connectivity index (χ0v) is 10.4. The molecule has 0 saturated heterocycles. The molecule has 2 aromatic rings. The highest BCUT2D eigenvalue weighted by Crippen LogP contribution is 2.19. The maximum absolute atomic E-state index is 8.88. The van der Waals surface area contributed by atoms with Gasteiger partial charge in [0.05, 0.1) is 11.9 Å². The lowest BCUT2D eigenvalue weighted by molar-refractivity contribution is 0.287. The summed E-state index contributed by atoms with van der Waals surface area (Å²) in [5.74, 6) is 0.858. The molecule has 2 heterocycles. The molecule has 2 aromatic heterocycles. The van der Waals surface area contributed by atoms with E-state index in [9.17, 15) is 0 Å². The van der Waals surface area contributed by atoms with E-state index in [1.807, 2.05) is 23.0 Å². The summed E-state index contributed by atoms with van der Waals surface area (Å²) in [6.45, 7) is 0.161. The van der Waals surface area contributed by atoms with Crippen LogP contribution in [0.15, 0.2) is 29.7 Å². The molecule has 2 rings (SSSR count). The van der Waals surface area contributed by atoms with Crippen LogP contribution in [0.3, 0.4) is 0 Å². The standard InChI is InChI=1S/C11H14N4OS/c1-17-11-14-13-10(5-3-7-16)15(11)9-4-2-6-12-8-9/h2,4,6,8,16H,3,5,7H2,1H3. The summed E-state index contributed by atoms with van der Waals surface area (Å²) in [6.07, 6.45) is 6.88. The topological polar surface area (TPSA) is 63.8 Å². The Morgan fingerprint density at radius 1 is 1.41 bits per heavy atom. The number of hydrogen-bond donors (Lipinski definition) is 1. The Hall–Kier alpha value is -1.40. The highest BCUT2D eigenvalue weighted by molar-refractivity contribution is 7.98. The van der Waals surface area contributed by atoms with Crippen LogP contribution < -0.4 is 0 Å². The zero-order valence-electron chi connectivity index (χ0n) is 9.58. The van der Waals surface area contributed by atoms with Crippen molar-refractivity contribution in [2.45, 2.75) is 18.0 Å². The van der Waals surface area contributed by atoms with Crippen LogP contribution in [-0.2, 0) is 6.42 Å². The molecule has 0 unspecified atom stereocenters. The van der Waals surface area contributed by atoms with Crippen molar-refractivity contribution >= 4 is 11.8 Å². The van der Waals surface area contributed by atoms with E-state index in [1.54, 1.807) is 24.2 Å². The fraction of sp³-hybridized carbons (Fsp3) is 0.364. The van der Waals surface area contributed by atoms with Gasteiger partial charge in [0.1, 0.15) is 5.82 Å². The predicted octanol–water partition coefficient (Wildman–Crippen LogP) is 1.31. The van der Waals surface area contributed by atoms with Crippen molar-refractivity contribution in [3.05, 3.63) is 30.4 Å². The second kappa shape index (κ2) is 5.79. The van der Waals surface area contributed by atoms with Crippen molar-refractivity contribution < 1.29 is 5.11 Å². The summed E-state index contributed by atoms with van der Waals surface area (Å²) >= 11 is 1.54. The average molecular weight is 250 g/mol. The minimum atomic E-state index is 0.161. The number of aryl methyl sites for hydroxylation is 1. The van der Waals surface area contributed by atoms with E-state index in [0.29, 0.717) is 12.8 Å². The van der Waals surface area contributed by atoms with E-state index in [2.05, 4.69) is 15.2 Å². The number of aliphatic hydroxyl groups excluding tert-OH is 1. The number of nitrogens with zero attached hydrogens (tertiary/aromatic N) is 4. The van der Waals surface area contributed by atoms with Gasteiger partial charge in [-0.1, -0.05) is 11.8 Å². The van der Waals surface area contributed by atoms with Crippen LogP contribution in [0.4, 0.5) is 0 Å². The first-order valence-corrected chi connectivity index (χ1v) is 6.59. The van der Waals surface area contributed by atoms with E-state index in [0.717, 1.165) is 16.7 Å². The van der Waals surface area contributed by atoms with Gasteiger partial charge in [-0.05, 0) is 24.8 Å². The quantitative estimate of drug-likeness (QED) is 0.811. The summed E-state index contributed by atoms with van der Waals surface area (Å²) in [7, 11) is 0. The summed E-state index contributed by atoms with van der Waals surface area (Å²) < 4.78 is 1.98. The molecule has 6 heteroatoms. The molecule has 0 radical (unpaired) electrons. The molecular formula is C11H14N4OS. The Morgan fingerprint density at radius 2 is 2.29 bits per heavy atom. The Balaban J connectivity index is 2.39. The van der Waals surface area contributed by atoms with Crippen LogP contribution >= 0.6 is 11.8 Å². The van der Waals surface area contributed by atoms with Crippen LogP contribution in [0, 0.1) is 0 Å². The van der Waals surface area contributed by atoms with Gasteiger partial charge in [-0.15, -0.1) is 10.2 Å². The van der Waals surface area contributed by atoms with Crippen molar-refractivity contribution in [2.75, 3.05) is 12.9 Å². The fourth-order valence-corrected chi connectivity index (χ4v) is 2.09. The minimum Gasteiger partial charge on any atom is -0.396 e. The van der Waals surface area contributed by atoms with Crippen LogP contribution in [-0.4, -0.2) is 37.7 Å². The Morgan fingerprint density at radius 3 is 2.94 bits per heavy atom. The first-order chi connectivity index (χ1) is 8.36. The van der Waals surface area contributed by atoms with Gasteiger partial charge in [0.2, 0.25) is 0 Å². The van der Waals surface area contributed by atoms with Gasteiger partial charge in [0.25, 0.3) is 0 Å². The normalized spacial score (nSPS) is 10.7. The molecule has 0 fully saturated rings. The lowest BCUT2D eigenvalue weighted by atomic mass is 10.3. The monoisotopic (exact) mass is 250 g/mol. The van der Waals surface area contributed by atoms with Crippen molar-refractivity contribution in [3.8, 4) is 5.69 Å². The molecule has 0 aromatic carbocycles. The molecule has 0 aliphatic rings. The lowest BCUT2D eigenvalue weighted by Crippen LogP contribution is -2.04. The summed E-state index contributed by atoms with van der Waals surface area (Å²) in [5.41, 5.74) is 0.954. The molecule has 1 N–H and O–H groups in total. The van der Waals surface area contributed by atoms with E-state index in [-0.39, 0.29) is 6.61 Å². The van der Waals surface area contributed by atoms with E-state index >= 15 is 0 Å². The molecule has 0 aliphatic heterocycles. The first kappa shape index (κ1) is 12.1. The molecule has 0 spiro atoms. The number of aliphatic hydroxyl groups is 1. The molecular weight excluding hydrogens is 236 g/mol. The van der Waals surface area contributed by atoms with Crippen LogP contribution in [0.25, 0.3) is 5.69 Å². The third kappa shape index (κ3) is 2.65. The van der Waals surface area contributed by atoms with Gasteiger partial charge in [-0.25, -0.2) is 0 Å². The number of rotatable bonds is 5. The number of aromatic nitrogens is 4. The van der Waals surface area contributed by atoms with Crippen LogP contribution in [0.2, 0.25) is 0 Å². The third-order valence-electron chi connectivity index (χ3n) is 2.35. The van der Waals surface area contributed by atoms with Gasteiger partial charge in [-0.2, -0.15) is 0 Å². The van der Waals surface area contributed by atoms with E-state index in [4.69, 9.17) is 5.11 Å². The molecule has 0 bridgehead atoms. The van der Waals surface area contributed by atoms with Crippen LogP contribution in [0.1, 0.15) is 12.2 Å². The zero-order chi connectivity index (χ0) is 12.1. The third-order valence-corrected chi connectivity index (χ3v) is 2.97. The van der Waals surface area contributed by atoms with E-state index < -0.39 is 0 Å². The fourth-order valence-electron chi connectivity index (χ4n) is 1.58. The van der Waals surface area contributed by atoms with Gasteiger partial charge in [0.15, 0.2) is 5.16 Å². The highest BCUT2D eigenvalue weighted by atomic mass is 32.2. The Kier molecular flexibility index (Phi) is 4.11. The lowest BCUT2D eigenvalue weighted by Gasteiger charge is -2.07. The maximum atomic E-state index is 8.88. The van der Waals surface area contributed by atoms with Gasteiger partial charge in [0, 0.05) is 19.2 Å². The summed E-state index contributed by atoms with van der Waals surface area (Å²) in [6, 6.07) is 3.85. The Labute approximate surface area is 104 Å². The molecule has 5 nitrogen and oxygen atoms in total. The molecule has 90 valence electrons. The predicted molar refractivity (Wildman–Crippen MR) is 66.3 cm³/mol. The van der Waals surface area contributed by atoms with Gasteiger partial charge in [-0.3, -0.25) is 9.55 Å². The van der Waals surface area contributed by atoms with Gasteiger partial charge < -0.3 is 5.11 Å². The number of pyridine rings is 1. The highest BCUT2D eigenvalue weighted by Gasteiger charge is 2.12. The second-order valence-corrected chi connectivity index (χ2v) is 4.25. The largest absolute Gasteiger partial charge is 0.396 e. The average Bonchev–Trinajstić information content (AvgIpc) is 2.80. The van der Waals surface area contributed by atoms with Crippen molar-refractivity contribution in [2.24, 2.45) is 0 Å². The summed E-state index contributed by atoms with van der Waals surface area (Å²) in [5, 5.41) is 18.0. The molecule has 0 aliphatic carbocycles. The van der Waals surface area contributed by atoms with Crippen molar-refractivity contribution in [1.82, 2.24) is 19.7 Å².